The van der Waals surface area contributed by atoms with E-state index in [2.05, 4.69) is 20.3 Å². The van der Waals surface area contributed by atoms with Crippen LogP contribution in [0.15, 0.2) is 6.20 Å². The lowest BCUT2D eigenvalue weighted by Gasteiger charge is -2.14. The predicted molar refractivity (Wildman–Crippen MR) is 87.7 cm³/mol. The Morgan fingerprint density at radius 3 is 2.25 bits per heavy atom. The number of rotatable bonds is 4. The molecule has 0 bridgehead atoms. The SMILES string of the molecule is COc1nc2c(C)c(Cl)c(Cl)c(-n3cc(C=O)nn3)c2nc1OC. The summed E-state index contributed by atoms with van der Waals surface area (Å²) in [6.07, 6.45) is 1.99. The Hall–Kier alpha value is -2.45. The molecule has 2 aromatic heterocycles. The van der Waals surface area contributed by atoms with Crippen molar-refractivity contribution in [3.05, 3.63) is 27.5 Å². The molecule has 8 nitrogen and oxygen atoms in total. The number of fused-ring (bicyclic) bond motifs is 1. The molecule has 0 N–H and O–H groups in total. The zero-order chi connectivity index (χ0) is 17.4. The first-order chi connectivity index (χ1) is 11.5. The van der Waals surface area contributed by atoms with Crippen molar-refractivity contribution in [1.29, 1.82) is 0 Å². The van der Waals surface area contributed by atoms with Crippen molar-refractivity contribution in [2.75, 3.05) is 14.2 Å². The number of hydrogen-bond acceptors (Lipinski definition) is 7. The Bertz CT molecular complexity index is 957. The Kier molecular flexibility index (Phi) is 4.25. The molecule has 0 amide bonds. The summed E-state index contributed by atoms with van der Waals surface area (Å²) in [6.45, 7) is 1.76. The van der Waals surface area contributed by atoms with Crippen molar-refractivity contribution >= 4 is 40.5 Å². The van der Waals surface area contributed by atoms with Crippen molar-refractivity contribution in [1.82, 2.24) is 25.0 Å². The molecule has 3 aromatic rings. The van der Waals surface area contributed by atoms with Crippen molar-refractivity contribution in [3.8, 4) is 17.4 Å². The molecule has 3 rings (SSSR count). The molecule has 0 unspecified atom stereocenters. The van der Waals surface area contributed by atoms with Crippen LogP contribution in [0.25, 0.3) is 16.7 Å². The van der Waals surface area contributed by atoms with Gasteiger partial charge in [-0.2, -0.15) is 0 Å². The fourth-order valence-corrected chi connectivity index (χ4v) is 2.72. The molecular weight excluding hydrogens is 357 g/mol. The zero-order valence-electron chi connectivity index (χ0n) is 12.9. The van der Waals surface area contributed by atoms with Crippen LogP contribution >= 0.6 is 23.2 Å². The fraction of sp³-hybridized carbons (Fsp3) is 0.214. The summed E-state index contributed by atoms with van der Waals surface area (Å²) in [5.74, 6) is 0.393. The third kappa shape index (κ3) is 2.44. The average molecular weight is 368 g/mol. The van der Waals surface area contributed by atoms with Gasteiger partial charge >= 0.3 is 0 Å². The van der Waals surface area contributed by atoms with Gasteiger partial charge < -0.3 is 9.47 Å². The van der Waals surface area contributed by atoms with Gasteiger partial charge in [-0.15, -0.1) is 5.10 Å². The first-order valence-corrected chi connectivity index (χ1v) is 7.42. The number of benzene rings is 1. The maximum absolute atomic E-state index is 10.9. The minimum absolute atomic E-state index is 0.143. The Balaban J connectivity index is 2.44. The number of halogens is 2. The largest absolute Gasteiger partial charge is 0.477 e. The summed E-state index contributed by atoms with van der Waals surface area (Å²) in [6, 6.07) is 0. The first kappa shape index (κ1) is 16.4. The number of aldehydes is 1. The molecular formula is C14H11Cl2N5O3. The lowest BCUT2D eigenvalue weighted by molar-refractivity contribution is 0.111. The molecule has 0 saturated heterocycles. The Morgan fingerprint density at radius 2 is 1.71 bits per heavy atom. The van der Waals surface area contributed by atoms with Gasteiger partial charge in [0.1, 0.15) is 16.9 Å². The number of carbonyl (C=O) groups is 1. The standard InChI is InChI=1S/C14H11Cl2N5O3/c1-6-8(15)9(16)12(21-4-7(5-22)19-20-21)11-10(6)17-13(23-2)14(18-11)24-3/h4-5H,1-3H3. The summed E-state index contributed by atoms with van der Waals surface area (Å²) in [7, 11) is 2.91. The van der Waals surface area contributed by atoms with Crippen molar-refractivity contribution in [2.45, 2.75) is 6.92 Å². The van der Waals surface area contributed by atoms with Gasteiger partial charge in [0.25, 0.3) is 11.8 Å². The van der Waals surface area contributed by atoms with Crippen LogP contribution in [0.2, 0.25) is 10.0 Å². The molecule has 1 aromatic carbocycles. The highest BCUT2D eigenvalue weighted by Crippen LogP contribution is 2.39. The van der Waals surface area contributed by atoms with Crippen LogP contribution in [-0.2, 0) is 0 Å². The molecule has 0 aliphatic heterocycles. The molecule has 0 spiro atoms. The second-order valence-electron chi connectivity index (χ2n) is 4.75. The van der Waals surface area contributed by atoms with Gasteiger partial charge in [-0.25, -0.2) is 14.6 Å². The monoisotopic (exact) mass is 367 g/mol. The van der Waals surface area contributed by atoms with Crippen LogP contribution in [0, 0.1) is 6.92 Å². The number of methoxy groups -OCH3 is 2. The molecule has 124 valence electrons. The molecule has 0 aliphatic rings. The van der Waals surface area contributed by atoms with Gasteiger partial charge in [0.2, 0.25) is 0 Å². The summed E-state index contributed by atoms with van der Waals surface area (Å²) < 4.78 is 11.7. The van der Waals surface area contributed by atoms with Crippen LogP contribution in [0.1, 0.15) is 16.1 Å². The van der Waals surface area contributed by atoms with Gasteiger partial charge in [0.15, 0.2) is 6.29 Å². The van der Waals surface area contributed by atoms with E-state index in [-0.39, 0.29) is 22.5 Å². The predicted octanol–water partition coefficient (Wildman–Crippen LogP) is 2.66. The maximum atomic E-state index is 10.9. The minimum Gasteiger partial charge on any atom is -0.477 e. The molecule has 0 radical (unpaired) electrons. The summed E-state index contributed by atoms with van der Waals surface area (Å²) >= 11 is 12.7. The van der Waals surface area contributed by atoms with Crippen LogP contribution in [-0.4, -0.2) is 45.5 Å². The lowest BCUT2D eigenvalue weighted by atomic mass is 10.1. The van der Waals surface area contributed by atoms with E-state index in [0.717, 1.165) is 0 Å². The maximum Gasteiger partial charge on any atom is 0.278 e. The molecule has 0 fully saturated rings. The van der Waals surface area contributed by atoms with E-state index < -0.39 is 0 Å². The Morgan fingerprint density at radius 1 is 1.08 bits per heavy atom. The summed E-state index contributed by atoms with van der Waals surface area (Å²) in [4.78, 5) is 19.7. The number of ether oxygens (including phenoxy) is 2. The van der Waals surface area contributed by atoms with Gasteiger partial charge in [-0.3, -0.25) is 4.79 Å². The quantitative estimate of drug-likeness (QED) is 0.654. The molecule has 0 saturated carbocycles. The van der Waals surface area contributed by atoms with E-state index >= 15 is 0 Å². The van der Waals surface area contributed by atoms with Gasteiger partial charge in [0.05, 0.1) is 36.0 Å². The van der Waals surface area contributed by atoms with Crippen molar-refractivity contribution in [2.24, 2.45) is 0 Å². The minimum atomic E-state index is 0.143. The highest BCUT2D eigenvalue weighted by atomic mass is 35.5. The number of carbonyl (C=O) groups excluding carboxylic acids is 1. The number of aromatic nitrogens is 5. The highest BCUT2D eigenvalue weighted by Gasteiger charge is 2.22. The van der Waals surface area contributed by atoms with E-state index in [9.17, 15) is 4.79 Å². The number of hydrogen-bond donors (Lipinski definition) is 0. The van der Waals surface area contributed by atoms with Crippen LogP contribution in [0.3, 0.4) is 0 Å². The van der Waals surface area contributed by atoms with E-state index in [0.29, 0.717) is 33.6 Å². The van der Waals surface area contributed by atoms with Gasteiger partial charge in [-0.1, -0.05) is 28.4 Å². The zero-order valence-corrected chi connectivity index (χ0v) is 14.4. The average Bonchev–Trinajstić information content (AvgIpc) is 3.07. The fourth-order valence-electron chi connectivity index (χ4n) is 2.22. The van der Waals surface area contributed by atoms with Crippen molar-refractivity contribution < 1.29 is 14.3 Å². The Labute approximate surface area is 146 Å². The lowest BCUT2D eigenvalue weighted by Crippen LogP contribution is -2.05. The van der Waals surface area contributed by atoms with E-state index in [1.54, 1.807) is 6.92 Å². The van der Waals surface area contributed by atoms with E-state index in [4.69, 9.17) is 32.7 Å². The van der Waals surface area contributed by atoms with Gasteiger partial charge in [0, 0.05) is 0 Å². The van der Waals surface area contributed by atoms with E-state index in [1.807, 2.05) is 0 Å². The molecule has 10 heteroatoms. The third-order valence-electron chi connectivity index (χ3n) is 3.39. The smallest absolute Gasteiger partial charge is 0.278 e. The van der Waals surface area contributed by atoms with Crippen LogP contribution in [0.4, 0.5) is 0 Å². The molecule has 2 heterocycles. The topological polar surface area (TPSA) is 92.0 Å². The van der Waals surface area contributed by atoms with Gasteiger partial charge in [-0.05, 0) is 12.5 Å². The summed E-state index contributed by atoms with van der Waals surface area (Å²) in [5, 5.41) is 8.12. The number of aryl methyl sites for hydroxylation is 1. The molecule has 0 aliphatic carbocycles. The number of nitrogens with zero attached hydrogens (tertiary/aromatic N) is 5. The van der Waals surface area contributed by atoms with Crippen molar-refractivity contribution in [3.63, 3.8) is 0 Å². The first-order valence-electron chi connectivity index (χ1n) is 6.67. The highest BCUT2D eigenvalue weighted by molar-refractivity contribution is 6.45. The molecule has 0 atom stereocenters. The normalized spacial score (nSPS) is 10.9. The second kappa shape index (κ2) is 6.21. The second-order valence-corrected chi connectivity index (χ2v) is 5.50. The van der Waals surface area contributed by atoms with E-state index in [1.165, 1.54) is 25.1 Å². The van der Waals surface area contributed by atoms with Crippen LogP contribution < -0.4 is 9.47 Å². The summed E-state index contributed by atoms with van der Waals surface area (Å²) in [5.41, 5.74) is 1.98. The van der Waals surface area contributed by atoms with Crippen LogP contribution in [0.5, 0.6) is 11.8 Å². The third-order valence-corrected chi connectivity index (χ3v) is 4.33. The molecule has 24 heavy (non-hydrogen) atoms.